The Morgan fingerprint density at radius 1 is 1.44 bits per heavy atom. The molecule has 2 nitrogen and oxygen atoms in total. The van der Waals surface area contributed by atoms with Gasteiger partial charge in [-0.25, -0.2) is 4.39 Å². The zero-order chi connectivity index (χ0) is 12.0. The van der Waals surface area contributed by atoms with Crippen molar-refractivity contribution in [1.82, 2.24) is 0 Å². The number of halogens is 1. The fourth-order valence-electron chi connectivity index (χ4n) is 1.58. The average Bonchev–Trinajstić information content (AvgIpc) is 2.28. The Morgan fingerprint density at radius 3 is 2.75 bits per heavy atom. The van der Waals surface area contributed by atoms with Crippen molar-refractivity contribution in [1.29, 1.82) is 0 Å². The normalized spacial score (nSPS) is 12.4. The molecule has 16 heavy (non-hydrogen) atoms. The summed E-state index contributed by atoms with van der Waals surface area (Å²) < 4.78 is 18.3. The number of hydrogen-bond donors (Lipinski definition) is 0. The standard InChI is InChI=1S/C13H17FO2/c1-3-6-12(16-4-2)13(15)10-7-5-8-11(14)9-10/h5,7-9,12H,3-4,6H2,1-2H3. The fourth-order valence-corrected chi connectivity index (χ4v) is 1.58. The van der Waals surface area contributed by atoms with E-state index in [4.69, 9.17) is 4.74 Å². The van der Waals surface area contributed by atoms with Crippen LogP contribution >= 0.6 is 0 Å². The lowest BCUT2D eigenvalue weighted by Gasteiger charge is -2.14. The highest BCUT2D eigenvalue weighted by molar-refractivity contribution is 5.99. The Kier molecular flexibility index (Phi) is 5.12. The highest BCUT2D eigenvalue weighted by atomic mass is 19.1. The second kappa shape index (κ2) is 6.38. The molecule has 0 aromatic heterocycles. The molecule has 0 bridgehead atoms. The summed E-state index contributed by atoms with van der Waals surface area (Å²) in [6.45, 7) is 4.33. The van der Waals surface area contributed by atoms with Gasteiger partial charge in [0.1, 0.15) is 11.9 Å². The molecule has 0 radical (unpaired) electrons. The summed E-state index contributed by atoms with van der Waals surface area (Å²) in [5.74, 6) is -0.527. The molecule has 0 spiro atoms. The molecule has 88 valence electrons. The molecule has 0 amide bonds. The van der Waals surface area contributed by atoms with E-state index >= 15 is 0 Å². The van der Waals surface area contributed by atoms with Gasteiger partial charge in [-0.15, -0.1) is 0 Å². The van der Waals surface area contributed by atoms with Gasteiger partial charge in [0.05, 0.1) is 0 Å². The predicted octanol–water partition coefficient (Wildman–Crippen LogP) is 3.21. The van der Waals surface area contributed by atoms with Crippen LogP contribution in [-0.4, -0.2) is 18.5 Å². The Morgan fingerprint density at radius 2 is 2.19 bits per heavy atom. The first-order valence-corrected chi connectivity index (χ1v) is 5.60. The van der Waals surface area contributed by atoms with E-state index in [2.05, 4.69) is 0 Å². The lowest BCUT2D eigenvalue weighted by atomic mass is 10.0. The summed E-state index contributed by atoms with van der Waals surface area (Å²) in [6, 6.07) is 5.74. The van der Waals surface area contributed by atoms with E-state index in [-0.39, 0.29) is 5.78 Å². The fraction of sp³-hybridized carbons (Fsp3) is 0.462. The minimum absolute atomic E-state index is 0.136. The highest BCUT2D eigenvalue weighted by Gasteiger charge is 2.19. The molecule has 1 aromatic rings. The van der Waals surface area contributed by atoms with Crippen molar-refractivity contribution in [2.24, 2.45) is 0 Å². The zero-order valence-corrected chi connectivity index (χ0v) is 9.70. The van der Waals surface area contributed by atoms with E-state index < -0.39 is 11.9 Å². The summed E-state index contributed by atoms with van der Waals surface area (Å²) in [6.07, 6.45) is 1.09. The van der Waals surface area contributed by atoms with Crippen LogP contribution in [0.15, 0.2) is 24.3 Å². The summed E-state index contributed by atoms with van der Waals surface area (Å²) in [4.78, 5) is 12.0. The maximum atomic E-state index is 13.0. The van der Waals surface area contributed by atoms with Crippen LogP contribution < -0.4 is 0 Å². The third-order valence-corrected chi connectivity index (χ3v) is 2.32. The minimum atomic E-state index is -0.447. The van der Waals surface area contributed by atoms with E-state index in [0.29, 0.717) is 18.6 Å². The quantitative estimate of drug-likeness (QED) is 0.693. The molecule has 1 unspecified atom stereocenters. The molecule has 1 rings (SSSR count). The van der Waals surface area contributed by atoms with Crippen LogP contribution in [0.1, 0.15) is 37.0 Å². The van der Waals surface area contributed by atoms with Gasteiger partial charge in [-0.1, -0.05) is 25.5 Å². The lowest BCUT2D eigenvalue weighted by molar-refractivity contribution is 0.0423. The molecule has 0 aliphatic rings. The molecule has 1 aromatic carbocycles. The monoisotopic (exact) mass is 224 g/mol. The maximum absolute atomic E-state index is 13.0. The number of benzene rings is 1. The van der Waals surface area contributed by atoms with Gasteiger partial charge in [-0.3, -0.25) is 4.79 Å². The third-order valence-electron chi connectivity index (χ3n) is 2.32. The highest BCUT2D eigenvalue weighted by Crippen LogP contribution is 2.12. The molecule has 1 atom stereocenters. The maximum Gasteiger partial charge on any atom is 0.191 e. The summed E-state index contributed by atoms with van der Waals surface area (Å²) in [5, 5.41) is 0. The van der Waals surface area contributed by atoms with Crippen molar-refractivity contribution in [3.8, 4) is 0 Å². The number of carbonyl (C=O) groups is 1. The van der Waals surface area contributed by atoms with E-state index in [1.807, 2.05) is 13.8 Å². The van der Waals surface area contributed by atoms with E-state index in [9.17, 15) is 9.18 Å². The van der Waals surface area contributed by atoms with Crippen LogP contribution in [0.25, 0.3) is 0 Å². The van der Waals surface area contributed by atoms with Crippen molar-refractivity contribution in [3.05, 3.63) is 35.6 Å². The largest absolute Gasteiger partial charge is 0.370 e. The van der Waals surface area contributed by atoms with Crippen LogP contribution in [0.5, 0.6) is 0 Å². The Balaban J connectivity index is 2.81. The Bertz CT molecular complexity index is 344. The Hall–Kier alpha value is -1.22. The summed E-state index contributed by atoms with van der Waals surface area (Å²) >= 11 is 0. The van der Waals surface area contributed by atoms with Gasteiger partial charge in [-0.05, 0) is 25.5 Å². The van der Waals surface area contributed by atoms with Crippen LogP contribution in [0.4, 0.5) is 4.39 Å². The van der Waals surface area contributed by atoms with E-state index in [1.54, 1.807) is 6.07 Å². The van der Waals surface area contributed by atoms with Gasteiger partial charge in [0, 0.05) is 12.2 Å². The first kappa shape index (κ1) is 12.8. The molecule has 0 fully saturated rings. The number of ether oxygens (including phenoxy) is 1. The number of ketones is 1. The first-order valence-electron chi connectivity index (χ1n) is 5.60. The van der Waals surface area contributed by atoms with Gasteiger partial charge in [0.25, 0.3) is 0 Å². The van der Waals surface area contributed by atoms with Gasteiger partial charge >= 0.3 is 0 Å². The van der Waals surface area contributed by atoms with Crippen LogP contribution in [0.3, 0.4) is 0 Å². The van der Waals surface area contributed by atoms with Crippen LogP contribution in [0, 0.1) is 5.82 Å². The lowest BCUT2D eigenvalue weighted by Crippen LogP contribution is -2.24. The number of rotatable bonds is 6. The molecule has 0 N–H and O–H groups in total. The first-order chi connectivity index (χ1) is 7.69. The third kappa shape index (κ3) is 3.42. The van der Waals surface area contributed by atoms with Crippen LogP contribution in [0.2, 0.25) is 0 Å². The average molecular weight is 224 g/mol. The molecular weight excluding hydrogens is 207 g/mol. The van der Waals surface area contributed by atoms with Gasteiger partial charge < -0.3 is 4.74 Å². The van der Waals surface area contributed by atoms with Crippen molar-refractivity contribution in [3.63, 3.8) is 0 Å². The molecule has 0 saturated carbocycles. The SMILES string of the molecule is CCCC(OCC)C(=O)c1cccc(F)c1. The topological polar surface area (TPSA) is 26.3 Å². The number of carbonyl (C=O) groups excluding carboxylic acids is 1. The molecule has 0 saturated heterocycles. The van der Waals surface area contributed by atoms with Gasteiger partial charge in [-0.2, -0.15) is 0 Å². The number of Topliss-reactive ketones (excluding diaryl/α,β-unsaturated/α-hetero) is 1. The summed E-state index contributed by atoms with van der Waals surface area (Å²) in [5.41, 5.74) is 0.381. The van der Waals surface area contributed by atoms with E-state index in [1.165, 1.54) is 18.2 Å². The number of hydrogen-bond acceptors (Lipinski definition) is 2. The molecular formula is C13H17FO2. The van der Waals surface area contributed by atoms with Crippen molar-refractivity contribution in [2.45, 2.75) is 32.8 Å². The van der Waals surface area contributed by atoms with Gasteiger partial charge in [0.2, 0.25) is 0 Å². The molecule has 0 aliphatic heterocycles. The van der Waals surface area contributed by atoms with Gasteiger partial charge in [0.15, 0.2) is 5.78 Å². The molecule has 0 heterocycles. The Labute approximate surface area is 95.4 Å². The predicted molar refractivity (Wildman–Crippen MR) is 61.1 cm³/mol. The zero-order valence-electron chi connectivity index (χ0n) is 9.70. The smallest absolute Gasteiger partial charge is 0.191 e. The van der Waals surface area contributed by atoms with E-state index in [0.717, 1.165) is 6.42 Å². The summed E-state index contributed by atoms with van der Waals surface area (Å²) in [7, 11) is 0. The molecule has 3 heteroatoms. The van der Waals surface area contributed by atoms with Crippen molar-refractivity contribution in [2.75, 3.05) is 6.61 Å². The second-order valence-electron chi connectivity index (χ2n) is 3.61. The van der Waals surface area contributed by atoms with Crippen molar-refractivity contribution >= 4 is 5.78 Å². The van der Waals surface area contributed by atoms with Crippen molar-refractivity contribution < 1.29 is 13.9 Å². The minimum Gasteiger partial charge on any atom is -0.370 e. The molecule has 0 aliphatic carbocycles. The second-order valence-corrected chi connectivity index (χ2v) is 3.61. The van der Waals surface area contributed by atoms with Crippen LogP contribution in [-0.2, 0) is 4.74 Å².